The Balaban J connectivity index is 0.835. The van der Waals surface area contributed by atoms with Crippen LogP contribution in [-0.4, -0.2) is 23.4 Å². The third-order valence-corrected chi connectivity index (χ3v) is 11.8. The normalized spacial score (nSPS) is 22.9. The van der Waals surface area contributed by atoms with E-state index in [9.17, 15) is 10.2 Å². The first kappa shape index (κ1) is 34.4. The molecule has 4 atom stereocenters. The van der Waals surface area contributed by atoms with Gasteiger partial charge in [0.1, 0.15) is 11.5 Å². The van der Waals surface area contributed by atoms with E-state index in [0.717, 1.165) is 46.8 Å². The maximum atomic E-state index is 12.1. The molecule has 10 heteroatoms. The summed E-state index contributed by atoms with van der Waals surface area (Å²) in [5, 5.41) is 32.1. The van der Waals surface area contributed by atoms with Crippen LogP contribution in [0, 0.1) is 0 Å². The zero-order valence-electron chi connectivity index (χ0n) is 28.7. The summed E-state index contributed by atoms with van der Waals surface area (Å²) in [5.41, 5.74) is 8.08. The predicted molar refractivity (Wildman–Crippen MR) is 208 cm³/mol. The lowest BCUT2D eigenvalue weighted by molar-refractivity contribution is 0.0431. The fourth-order valence-corrected chi connectivity index (χ4v) is 8.66. The molecule has 4 N–H and O–H groups in total. The number of benzene rings is 4. The minimum atomic E-state index is -1.22. The molecule has 0 bridgehead atoms. The van der Waals surface area contributed by atoms with E-state index in [1.807, 2.05) is 131 Å². The van der Waals surface area contributed by atoms with E-state index in [1.165, 1.54) is 9.75 Å². The molecule has 4 unspecified atom stereocenters. The minimum Gasteiger partial charge on any atom is -0.494 e. The van der Waals surface area contributed by atoms with Gasteiger partial charge in [-0.15, -0.1) is 22.7 Å². The summed E-state index contributed by atoms with van der Waals surface area (Å²) < 4.78 is 12.1. The van der Waals surface area contributed by atoms with Crippen molar-refractivity contribution < 1.29 is 19.7 Å². The number of thiophene rings is 2. The second-order valence-corrected chi connectivity index (χ2v) is 15.2. The molecule has 2 aliphatic rings. The molecular weight excluding hydrogens is 689 g/mol. The van der Waals surface area contributed by atoms with Gasteiger partial charge in [-0.3, -0.25) is 10.0 Å². The highest BCUT2D eigenvalue weighted by atomic mass is 32.1. The van der Waals surface area contributed by atoms with Crippen LogP contribution in [0.25, 0.3) is 0 Å². The van der Waals surface area contributed by atoms with Crippen LogP contribution in [0.3, 0.4) is 0 Å². The number of hydrazine groups is 2. The Morgan fingerprint density at radius 1 is 0.538 bits per heavy atom. The van der Waals surface area contributed by atoms with Gasteiger partial charge in [-0.25, -0.2) is 10.9 Å². The SMILES string of the molecule is OC1(c2ccc(OCCCCOc3ccc(C4(O)CC(c5cccs5)NN4c4ccccc4)cc3)cc2)CC(c2cccs2)NN1c1ccccc1. The molecule has 0 aliphatic carbocycles. The molecule has 2 saturated heterocycles. The lowest BCUT2D eigenvalue weighted by atomic mass is 9.96. The summed E-state index contributed by atoms with van der Waals surface area (Å²) in [7, 11) is 0. The van der Waals surface area contributed by atoms with Crippen LogP contribution in [0.5, 0.6) is 11.5 Å². The second-order valence-electron chi connectivity index (χ2n) is 13.2. The highest BCUT2D eigenvalue weighted by Gasteiger charge is 2.48. The van der Waals surface area contributed by atoms with E-state index in [2.05, 4.69) is 33.7 Å². The van der Waals surface area contributed by atoms with E-state index < -0.39 is 11.4 Å². The van der Waals surface area contributed by atoms with Crippen molar-refractivity contribution in [3.05, 3.63) is 165 Å². The van der Waals surface area contributed by atoms with E-state index in [-0.39, 0.29) is 12.1 Å². The molecule has 2 aromatic heterocycles. The van der Waals surface area contributed by atoms with Crippen molar-refractivity contribution in [3.63, 3.8) is 0 Å². The molecular formula is C42H42N4O4S2. The average Bonchev–Trinajstić information content (AvgIpc) is 4.02. The molecule has 2 aliphatic heterocycles. The zero-order chi connectivity index (χ0) is 35.4. The Bertz CT molecular complexity index is 1850. The van der Waals surface area contributed by atoms with Crippen molar-refractivity contribution in [1.29, 1.82) is 0 Å². The Hall–Kier alpha value is -4.68. The number of aliphatic hydroxyl groups is 2. The number of nitrogens with zero attached hydrogens (tertiary/aromatic N) is 2. The molecule has 8 rings (SSSR count). The average molecular weight is 731 g/mol. The van der Waals surface area contributed by atoms with Crippen LogP contribution in [-0.2, 0) is 11.4 Å². The Kier molecular flexibility index (Phi) is 10.0. The van der Waals surface area contributed by atoms with Crippen molar-refractivity contribution >= 4 is 34.0 Å². The number of ether oxygens (including phenoxy) is 2. The third kappa shape index (κ3) is 7.06. The molecule has 52 heavy (non-hydrogen) atoms. The van der Waals surface area contributed by atoms with Gasteiger partial charge in [0.15, 0.2) is 11.4 Å². The van der Waals surface area contributed by atoms with Crippen molar-refractivity contribution in [1.82, 2.24) is 10.9 Å². The molecule has 0 radical (unpaired) electrons. The van der Waals surface area contributed by atoms with Gasteiger partial charge in [-0.05, 0) is 84.3 Å². The molecule has 0 saturated carbocycles. The van der Waals surface area contributed by atoms with Crippen LogP contribution in [0.1, 0.15) is 58.6 Å². The van der Waals surface area contributed by atoms with E-state index in [1.54, 1.807) is 22.7 Å². The number of para-hydroxylation sites is 2. The Morgan fingerprint density at radius 2 is 0.942 bits per heavy atom. The fourth-order valence-electron chi connectivity index (χ4n) is 7.12. The second kappa shape index (κ2) is 15.1. The smallest absolute Gasteiger partial charge is 0.179 e. The molecule has 4 heterocycles. The molecule has 266 valence electrons. The van der Waals surface area contributed by atoms with Gasteiger partial charge < -0.3 is 19.7 Å². The van der Waals surface area contributed by atoms with Crippen LogP contribution in [0.4, 0.5) is 11.4 Å². The van der Waals surface area contributed by atoms with Crippen LogP contribution < -0.4 is 30.3 Å². The monoisotopic (exact) mass is 730 g/mol. The number of hydrogen-bond acceptors (Lipinski definition) is 10. The van der Waals surface area contributed by atoms with Gasteiger partial charge in [0.25, 0.3) is 0 Å². The summed E-state index contributed by atoms with van der Waals surface area (Å²) in [6.07, 6.45) is 2.70. The maximum Gasteiger partial charge on any atom is 0.179 e. The van der Waals surface area contributed by atoms with Crippen molar-refractivity contribution in [2.45, 2.75) is 49.2 Å². The molecule has 6 aromatic rings. The first-order valence-corrected chi connectivity index (χ1v) is 19.5. The van der Waals surface area contributed by atoms with Crippen LogP contribution >= 0.6 is 22.7 Å². The maximum absolute atomic E-state index is 12.1. The minimum absolute atomic E-state index is 0.00603. The quantitative estimate of drug-likeness (QED) is 0.0879. The summed E-state index contributed by atoms with van der Waals surface area (Å²) >= 11 is 3.38. The molecule has 8 nitrogen and oxygen atoms in total. The largest absolute Gasteiger partial charge is 0.494 e. The fraction of sp³-hybridized carbons (Fsp3) is 0.238. The van der Waals surface area contributed by atoms with Crippen LogP contribution in [0.15, 0.2) is 144 Å². The van der Waals surface area contributed by atoms with Gasteiger partial charge in [0, 0.05) is 33.7 Å². The summed E-state index contributed by atoms with van der Waals surface area (Å²) in [6, 6.07) is 43.8. The lowest BCUT2D eigenvalue weighted by Gasteiger charge is -2.34. The Labute approximate surface area is 312 Å². The van der Waals surface area contributed by atoms with Gasteiger partial charge in [-0.1, -0.05) is 72.8 Å². The summed E-state index contributed by atoms with van der Waals surface area (Å²) in [5.74, 6) is 1.53. The highest BCUT2D eigenvalue weighted by Crippen LogP contribution is 2.45. The van der Waals surface area contributed by atoms with Gasteiger partial charge in [0.05, 0.1) is 36.7 Å². The predicted octanol–water partition coefficient (Wildman–Crippen LogP) is 8.65. The Morgan fingerprint density at radius 3 is 1.31 bits per heavy atom. The molecule has 0 amide bonds. The van der Waals surface area contributed by atoms with Crippen molar-refractivity contribution in [2.24, 2.45) is 0 Å². The topological polar surface area (TPSA) is 89.5 Å². The van der Waals surface area contributed by atoms with Gasteiger partial charge in [-0.2, -0.15) is 0 Å². The van der Waals surface area contributed by atoms with E-state index in [0.29, 0.717) is 26.1 Å². The van der Waals surface area contributed by atoms with Crippen LogP contribution in [0.2, 0.25) is 0 Å². The first-order valence-electron chi connectivity index (χ1n) is 17.7. The standard InChI is InChI=1S/C42H42N4O4S2/c47-41(29-37(39-15-9-27-51-39)43-45(41)33-11-3-1-4-12-33)31-17-21-35(22-18-31)49-25-7-8-26-50-36-23-19-32(20-24-36)42(48)30-38(40-16-10-28-52-40)44-46(42)34-13-5-2-6-14-34/h1-6,9-24,27-28,37-38,43-44,47-48H,7-8,25-26,29-30H2. The zero-order valence-corrected chi connectivity index (χ0v) is 30.3. The lowest BCUT2D eigenvalue weighted by Crippen LogP contribution is -2.46. The van der Waals surface area contributed by atoms with Gasteiger partial charge in [0.2, 0.25) is 0 Å². The molecule has 0 spiro atoms. The number of hydrogen-bond donors (Lipinski definition) is 4. The van der Waals surface area contributed by atoms with Crippen molar-refractivity contribution in [3.8, 4) is 11.5 Å². The molecule has 2 fully saturated rings. The number of anilines is 2. The van der Waals surface area contributed by atoms with Gasteiger partial charge >= 0.3 is 0 Å². The third-order valence-electron chi connectivity index (χ3n) is 9.80. The van der Waals surface area contributed by atoms with E-state index in [4.69, 9.17) is 9.47 Å². The number of rotatable bonds is 13. The van der Waals surface area contributed by atoms with Crippen molar-refractivity contribution in [2.75, 3.05) is 23.2 Å². The number of unbranched alkanes of at least 4 members (excludes halogenated alkanes) is 1. The summed E-state index contributed by atoms with van der Waals surface area (Å²) in [6.45, 7) is 1.12. The summed E-state index contributed by atoms with van der Waals surface area (Å²) in [4.78, 5) is 2.38. The first-order chi connectivity index (χ1) is 25.5. The molecule has 4 aromatic carbocycles. The number of nitrogens with one attached hydrogen (secondary N) is 2. The van der Waals surface area contributed by atoms with E-state index >= 15 is 0 Å². The highest BCUT2D eigenvalue weighted by molar-refractivity contribution is 7.10.